The van der Waals surface area contributed by atoms with Gasteiger partial charge in [-0.25, -0.2) is 0 Å². The maximum absolute atomic E-state index is 11.6. The molecular weight excluding hydrogens is 164 g/mol. The second-order valence-electron chi connectivity index (χ2n) is 3.81. The van der Waals surface area contributed by atoms with Gasteiger partial charge in [-0.2, -0.15) is 0 Å². The van der Waals surface area contributed by atoms with Crippen molar-refractivity contribution in [1.29, 1.82) is 0 Å². The molecule has 1 saturated heterocycles. The van der Waals surface area contributed by atoms with Crippen LogP contribution in [0.3, 0.4) is 0 Å². The van der Waals surface area contributed by atoms with Crippen molar-refractivity contribution in [2.45, 2.75) is 45.4 Å². The Hall–Kier alpha value is -0.370. The topological polar surface area (TPSA) is 26.3 Å². The molecule has 2 heteroatoms. The molecule has 0 bridgehead atoms. The van der Waals surface area contributed by atoms with Gasteiger partial charge in [0.25, 0.3) is 0 Å². The number of hydrogen-bond acceptors (Lipinski definition) is 2. The lowest BCUT2D eigenvalue weighted by atomic mass is 9.92. The molecule has 1 aliphatic heterocycles. The summed E-state index contributed by atoms with van der Waals surface area (Å²) in [5, 5.41) is 0. The number of carbonyl (C=O) groups is 1. The summed E-state index contributed by atoms with van der Waals surface area (Å²) in [6, 6.07) is 0. The molecule has 0 spiro atoms. The molecular formula is C11H20O2. The Labute approximate surface area is 80.7 Å². The number of Topliss-reactive ketones (excluding diaryl/α,β-unsaturated/α-hetero) is 1. The van der Waals surface area contributed by atoms with Gasteiger partial charge in [0, 0.05) is 25.6 Å². The highest BCUT2D eigenvalue weighted by atomic mass is 16.5. The van der Waals surface area contributed by atoms with E-state index in [0.29, 0.717) is 11.7 Å². The summed E-state index contributed by atoms with van der Waals surface area (Å²) >= 11 is 0. The first kappa shape index (κ1) is 10.7. The first-order chi connectivity index (χ1) is 6.34. The van der Waals surface area contributed by atoms with Gasteiger partial charge in [0.05, 0.1) is 0 Å². The number of ketones is 1. The Bertz CT molecular complexity index is 148. The van der Waals surface area contributed by atoms with Crippen molar-refractivity contribution in [3.8, 4) is 0 Å². The van der Waals surface area contributed by atoms with Crippen LogP contribution in [0.15, 0.2) is 0 Å². The number of carbonyl (C=O) groups excluding carboxylic acids is 1. The van der Waals surface area contributed by atoms with Gasteiger partial charge in [-0.15, -0.1) is 0 Å². The summed E-state index contributed by atoms with van der Waals surface area (Å²) in [7, 11) is 0. The molecule has 2 nitrogen and oxygen atoms in total. The average Bonchev–Trinajstić information content (AvgIpc) is 2.19. The normalized spacial score (nSPS) is 18.8. The van der Waals surface area contributed by atoms with Crippen molar-refractivity contribution in [3.63, 3.8) is 0 Å². The third kappa shape index (κ3) is 3.90. The van der Waals surface area contributed by atoms with E-state index in [9.17, 15) is 4.79 Å². The fraction of sp³-hybridized carbons (Fsp3) is 0.909. The second-order valence-corrected chi connectivity index (χ2v) is 3.81. The van der Waals surface area contributed by atoms with Crippen LogP contribution < -0.4 is 0 Å². The zero-order valence-electron chi connectivity index (χ0n) is 8.55. The third-order valence-electron chi connectivity index (χ3n) is 2.70. The molecule has 1 heterocycles. The minimum atomic E-state index is 0.311. The van der Waals surface area contributed by atoms with Crippen molar-refractivity contribution < 1.29 is 9.53 Å². The van der Waals surface area contributed by atoms with Gasteiger partial charge in [0.15, 0.2) is 0 Å². The first-order valence-corrected chi connectivity index (χ1v) is 5.45. The Morgan fingerprint density at radius 1 is 1.31 bits per heavy atom. The largest absolute Gasteiger partial charge is 0.381 e. The average molecular weight is 184 g/mol. The van der Waals surface area contributed by atoms with E-state index in [4.69, 9.17) is 4.74 Å². The van der Waals surface area contributed by atoms with Crippen LogP contribution in [-0.4, -0.2) is 19.0 Å². The lowest BCUT2D eigenvalue weighted by Gasteiger charge is -2.20. The molecule has 0 aliphatic carbocycles. The maximum Gasteiger partial charge on any atom is 0.136 e. The predicted octanol–water partition coefficient (Wildman–Crippen LogP) is 2.56. The van der Waals surface area contributed by atoms with Crippen LogP contribution >= 0.6 is 0 Å². The zero-order chi connectivity index (χ0) is 9.52. The summed E-state index contributed by atoms with van der Waals surface area (Å²) < 4.78 is 5.22. The van der Waals surface area contributed by atoms with Gasteiger partial charge in [-0.3, -0.25) is 4.79 Å². The smallest absolute Gasteiger partial charge is 0.136 e. The Kier molecular flexibility index (Phi) is 5.06. The zero-order valence-corrected chi connectivity index (χ0v) is 8.55. The fourth-order valence-electron chi connectivity index (χ4n) is 1.77. The quantitative estimate of drug-likeness (QED) is 0.614. The molecule has 0 atom stereocenters. The van der Waals surface area contributed by atoms with Gasteiger partial charge >= 0.3 is 0 Å². The summed E-state index contributed by atoms with van der Waals surface area (Å²) in [5.74, 6) is 0.780. The van der Waals surface area contributed by atoms with Crippen LogP contribution in [0.2, 0.25) is 0 Å². The van der Waals surface area contributed by atoms with E-state index < -0.39 is 0 Å². The molecule has 0 aromatic heterocycles. The van der Waals surface area contributed by atoms with Crippen molar-refractivity contribution in [2.24, 2.45) is 5.92 Å². The number of ether oxygens (including phenoxy) is 1. The SMILES string of the molecule is CCCCCC(=O)C1CCOCC1. The highest BCUT2D eigenvalue weighted by Crippen LogP contribution is 2.18. The molecule has 0 saturated carbocycles. The Morgan fingerprint density at radius 2 is 2.00 bits per heavy atom. The van der Waals surface area contributed by atoms with Crippen molar-refractivity contribution in [2.75, 3.05) is 13.2 Å². The van der Waals surface area contributed by atoms with E-state index in [0.717, 1.165) is 38.9 Å². The van der Waals surface area contributed by atoms with Gasteiger partial charge in [0.2, 0.25) is 0 Å². The Balaban J connectivity index is 2.13. The highest BCUT2D eigenvalue weighted by Gasteiger charge is 2.20. The fourth-order valence-corrected chi connectivity index (χ4v) is 1.77. The predicted molar refractivity (Wildman–Crippen MR) is 52.7 cm³/mol. The van der Waals surface area contributed by atoms with E-state index in [-0.39, 0.29) is 0 Å². The molecule has 1 aliphatic rings. The van der Waals surface area contributed by atoms with Crippen molar-refractivity contribution >= 4 is 5.78 Å². The summed E-state index contributed by atoms with van der Waals surface area (Å²) in [5.41, 5.74) is 0. The molecule has 0 N–H and O–H groups in total. The summed E-state index contributed by atoms with van der Waals surface area (Å²) in [6.07, 6.45) is 6.15. The maximum atomic E-state index is 11.6. The molecule has 13 heavy (non-hydrogen) atoms. The second kappa shape index (κ2) is 6.14. The monoisotopic (exact) mass is 184 g/mol. The highest BCUT2D eigenvalue weighted by molar-refractivity contribution is 5.80. The van der Waals surface area contributed by atoms with Crippen LogP contribution in [0.1, 0.15) is 45.4 Å². The molecule has 1 fully saturated rings. The van der Waals surface area contributed by atoms with Crippen LogP contribution in [0.5, 0.6) is 0 Å². The van der Waals surface area contributed by atoms with E-state index in [1.807, 2.05) is 0 Å². The first-order valence-electron chi connectivity index (χ1n) is 5.45. The van der Waals surface area contributed by atoms with E-state index in [1.54, 1.807) is 0 Å². The number of rotatable bonds is 5. The number of hydrogen-bond donors (Lipinski definition) is 0. The minimum absolute atomic E-state index is 0.311. The van der Waals surface area contributed by atoms with Gasteiger partial charge < -0.3 is 4.74 Å². The van der Waals surface area contributed by atoms with Gasteiger partial charge in [-0.05, 0) is 19.3 Å². The van der Waals surface area contributed by atoms with Crippen LogP contribution in [0, 0.1) is 5.92 Å². The Morgan fingerprint density at radius 3 is 2.62 bits per heavy atom. The van der Waals surface area contributed by atoms with Gasteiger partial charge in [-0.1, -0.05) is 19.8 Å². The van der Waals surface area contributed by atoms with E-state index in [2.05, 4.69) is 6.92 Å². The summed E-state index contributed by atoms with van der Waals surface area (Å²) in [4.78, 5) is 11.6. The molecule has 76 valence electrons. The standard InChI is InChI=1S/C11H20O2/c1-2-3-4-5-11(12)10-6-8-13-9-7-10/h10H,2-9H2,1H3. The molecule has 1 rings (SSSR count). The van der Waals surface area contributed by atoms with Crippen LogP contribution in [-0.2, 0) is 9.53 Å². The van der Waals surface area contributed by atoms with E-state index in [1.165, 1.54) is 12.8 Å². The molecule has 0 unspecified atom stereocenters. The van der Waals surface area contributed by atoms with Gasteiger partial charge in [0.1, 0.15) is 5.78 Å². The molecule has 0 amide bonds. The lowest BCUT2D eigenvalue weighted by molar-refractivity contribution is -0.125. The van der Waals surface area contributed by atoms with Crippen molar-refractivity contribution in [1.82, 2.24) is 0 Å². The van der Waals surface area contributed by atoms with Crippen molar-refractivity contribution in [3.05, 3.63) is 0 Å². The molecule has 0 radical (unpaired) electrons. The molecule has 0 aromatic rings. The molecule has 0 aromatic carbocycles. The minimum Gasteiger partial charge on any atom is -0.381 e. The lowest BCUT2D eigenvalue weighted by Crippen LogP contribution is -2.23. The summed E-state index contributed by atoms with van der Waals surface area (Å²) in [6.45, 7) is 3.73. The van der Waals surface area contributed by atoms with E-state index >= 15 is 0 Å². The van der Waals surface area contributed by atoms with Crippen LogP contribution in [0.25, 0.3) is 0 Å². The number of unbranched alkanes of at least 4 members (excludes halogenated alkanes) is 2. The van der Waals surface area contributed by atoms with Crippen LogP contribution in [0.4, 0.5) is 0 Å². The third-order valence-corrected chi connectivity index (χ3v) is 2.70.